The molecule has 0 N–H and O–H groups in total. The van der Waals surface area contributed by atoms with E-state index in [4.69, 9.17) is 0 Å². The zero-order valence-electron chi connectivity index (χ0n) is 9.40. The van der Waals surface area contributed by atoms with Crippen molar-refractivity contribution in [3.8, 4) is 0 Å². The second kappa shape index (κ2) is 3.03. The van der Waals surface area contributed by atoms with E-state index in [1.165, 1.54) is 12.1 Å². The molecule has 1 fully saturated rings. The molecule has 1 aromatic carbocycles. The number of rotatable bonds is 0. The maximum atomic E-state index is 13.3. The van der Waals surface area contributed by atoms with Crippen molar-refractivity contribution in [3.63, 3.8) is 0 Å². The molecule has 86 valence electrons. The summed E-state index contributed by atoms with van der Waals surface area (Å²) in [6.07, 6.45) is 1.71. The third-order valence-corrected chi connectivity index (χ3v) is 3.49. The molecule has 1 saturated heterocycles. The minimum Gasteiger partial charge on any atom is -0.340 e. The molecule has 1 amide bonds. The van der Waals surface area contributed by atoms with Gasteiger partial charge in [-0.05, 0) is 23.8 Å². The van der Waals surface area contributed by atoms with Crippen LogP contribution in [0.15, 0.2) is 35.3 Å². The largest absolute Gasteiger partial charge is 0.340 e. The fraction of sp³-hybridized carbons (Fsp3) is 0.231. The quantitative estimate of drug-likeness (QED) is 0.625. The Hall–Kier alpha value is -1.97. The molecule has 1 atom stereocenters. The molecular weight excluding hydrogens is 219 g/mol. The number of halogens is 1. The van der Waals surface area contributed by atoms with Crippen molar-refractivity contribution in [1.29, 1.82) is 0 Å². The van der Waals surface area contributed by atoms with Crippen molar-refractivity contribution in [1.82, 2.24) is 4.90 Å². The SMILES string of the molecule is C=C1C(=O)N(C)CC12C=Nc1ccc(F)cc12. The van der Waals surface area contributed by atoms with Crippen LogP contribution >= 0.6 is 0 Å². The minimum absolute atomic E-state index is 0.103. The fourth-order valence-corrected chi connectivity index (χ4v) is 2.56. The summed E-state index contributed by atoms with van der Waals surface area (Å²) in [5, 5.41) is 0. The van der Waals surface area contributed by atoms with E-state index in [2.05, 4.69) is 11.6 Å². The maximum absolute atomic E-state index is 13.3. The number of aliphatic imine (C=N–C) groups is 1. The molecule has 0 aromatic heterocycles. The summed E-state index contributed by atoms with van der Waals surface area (Å²) < 4.78 is 13.3. The first-order valence-electron chi connectivity index (χ1n) is 5.35. The van der Waals surface area contributed by atoms with Gasteiger partial charge in [-0.1, -0.05) is 6.58 Å². The van der Waals surface area contributed by atoms with E-state index in [1.807, 2.05) is 0 Å². The van der Waals surface area contributed by atoms with E-state index < -0.39 is 5.41 Å². The van der Waals surface area contributed by atoms with Gasteiger partial charge < -0.3 is 4.90 Å². The van der Waals surface area contributed by atoms with Gasteiger partial charge in [0.25, 0.3) is 0 Å². The summed E-state index contributed by atoms with van der Waals surface area (Å²) in [6, 6.07) is 4.45. The summed E-state index contributed by atoms with van der Waals surface area (Å²) in [7, 11) is 1.72. The van der Waals surface area contributed by atoms with Gasteiger partial charge in [0.1, 0.15) is 5.82 Å². The maximum Gasteiger partial charge on any atom is 0.250 e. The highest BCUT2D eigenvalue weighted by Gasteiger charge is 2.49. The van der Waals surface area contributed by atoms with Crippen LogP contribution in [0.5, 0.6) is 0 Å². The van der Waals surface area contributed by atoms with Gasteiger partial charge in [0, 0.05) is 25.4 Å². The van der Waals surface area contributed by atoms with Crippen LogP contribution in [0.25, 0.3) is 0 Å². The summed E-state index contributed by atoms with van der Waals surface area (Å²) in [4.78, 5) is 17.7. The van der Waals surface area contributed by atoms with Gasteiger partial charge in [-0.25, -0.2) is 4.39 Å². The lowest BCUT2D eigenvalue weighted by atomic mass is 9.78. The van der Waals surface area contributed by atoms with Gasteiger partial charge in [-0.2, -0.15) is 0 Å². The first kappa shape index (κ1) is 10.2. The van der Waals surface area contributed by atoms with Crippen molar-refractivity contribution in [2.45, 2.75) is 5.41 Å². The Balaban J connectivity index is 2.21. The van der Waals surface area contributed by atoms with Crippen molar-refractivity contribution < 1.29 is 9.18 Å². The molecule has 0 saturated carbocycles. The first-order chi connectivity index (χ1) is 8.04. The van der Waals surface area contributed by atoms with Gasteiger partial charge in [-0.15, -0.1) is 0 Å². The van der Waals surface area contributed by atoms with Crippen molar-refractivity contribution in [2.75, 3.05) is 13.6 Å². The van der Waals surface area contributed by atoms with Crippen molar-refractivity contribution in [2.24, 2.45) is 4.99 Å². The summed E-state index contributed by atoms with van der Waals surface area (Å²) in [5.41, 5.74) is 1.28. The number of likely N-dealkylation sites (N-methyl/N-ethyl adjacent to an activating group) is 1. The van der Waals surface area contributed by atoms with E-state index in [9.17, 15) is 9.18 Å². The van der Waals surface area contributed by atoms with E-state index in [-0.39, 0.29) is 11.7 Å². The van der Waals surface area contributed by atoms with Gasteiger partial charge in [-0.3, -0.25) is 9.79 Å². The first-order valence-corrected chi connectivity index (χ1v) is 5.35. The number of hydrogen-bond donors (Lipinski definition) is 0. The molecule has 3 nitrogen and oxygen atoms in total. The summed E-state index contributed by atoms with van der Waals surface area (Å²) >= 11 is 0. The molecule has 0 radical (unpaired) electrons. The Morgan fingerprint density at radius 1 is 1.53 bits per heavy atom. The number of carbonyl (C=O) groups excluding carboxylic acids is 1. The second-order valence-electron chi connectivity index (χ2n) is 4.53. The van der Waals surface area contributed by atoms with E-state index >= 15 is 0 Å². The number of hydrogen-bond acceptors (Lipinski definition) is 2. The topological polar surface area (TPSA) is 32.7 Å². The van der Waals surface area contributed by atoms with Crippen LogP contribution in [0, 0.1) is 5.82 Å². The second-order valence-corrected chi connectivity index (χ2v) is 4.53. The normalized spacial score (nSPS) is 26.1. The smallest absolute Gasteiger partial charge is 0.250 e. The minimum atomic E-state index is -0.636. The Labute approximate surface area is 98.3 Å². The lowest BCUT2D eigenvalue weighted by Gasteiger charge is -2.21. The predicted octanol–water partition coefficient (Wildman–Crippen LogP) is 1.81. The Morgan fingerprint density at radius 2 is 2.29 bits per heavy atom. The van der Waals surface area contributed by atoms with Gasteiger partial charge in [0.2, 0.25) is 5.91 Å². The third kappa shape index (κ3) is 1.15. The summed E-state index contributed by atoms with van der Waals surface area (Å²) in [6.45, 7) is 4.32. The van der Waals surface area contributed by atoms with Crippen LogP contribution in [0.4, 0.5) is 10.1 Å². The number of benzene rings is 1. The van der Waals surface area contributed by atoms with E-state index in [0.717, 1.165) is 11.3 Å². The zero-order chi connectivity index (χ0) is 12.2. The summed E-state index contributed by atoms with van der Waals surface area (Å²) in [5.74, 6) is -0.419. The van der Waals surface area contributed by atoms with Crippen LogP contribution in [0.2, 0.25) is 0 Å². The molecular formula is C13H11FN2O. The zero-order valence-corrected chi connectivity index (χ0v) is 9.40. The number of amides is 1. The highest BCUT2D eigenvalue weighted by molar-refractivity contribution is 6.07. The molecule has 2 aliphatic rings. The van der Waals surface area contributed by atoms with Crippen LogP contribution in [-0.4, -0.2) is 30.6 Å². The van der Waals surface area contributed by atoms with Gasteiger partial charge in [0.05, 0.1) is 11.1 Å². The van der Waals surface area contributed by atoms with Crippen molar-refractivity contribution in [3.05, 3.63) is 41.7 Å². The molecule has 2 heterocycles. The van der Waals surface area contributed by atoms with Crippen LogP contribution in [-0.2, 0) is 10.2 Å². The van der Waals surface area contributed by atoms with Gasteiger partial charge in [0.15, 0.2) is 0 Å². The average Bonchev–Trinajstić information content (AvgIpc) is 2.76. The Kier molecular flexibility index (Phi) is 1.82. The molecule has 1 spiro atoms. The Morgan fingerprint density at radius 3 is 2.94 bits per heavy atom. The highest BCUT2D eigenvalue weighted by atomic mass is 19.1. The number of fused-ring (bicyclic) bond motifs is 2. The van der Waals surface area contributed by atoms with Crippen LogP contribution < -0.4 is 0 Å². The van der Waals surface area contributed by atoms with Crippen LogP contribution in [0.1, 0.15) is 5.56 Å². The average molecular weight is 230 g/mol. The van der Waals surface area contributed by atoms with Crippen molar-refractivity contribution >= 4 is 17.8 Å². The molecule has 1 aromatic rings. The molecule has 2 aliphatic heterocycles. The molecule has 0 bridgehead atoms. The molecule has 1 unspecified atom stereocenters. The highest BCUT2D eigenvalue weighted by Crippen LogP contribution is 2.45. The molecule has 17 heavy (non-hydrogen) atoms. The Bertz CT molecular complexity index is 579. The van der Waals surface area contributed by atoms with Crippen LogP contribution in [0.3, 0.4) is 0 Å². The lowest BCUT2D eigenvalue weighted by molar-refractivity contribution is -0.123. The number of nitrogens with zero attached hydrogens (tertiary/aromatic N) is 2. The van der Waals surface area contributed by atoms with E-state index in [1.54, 1.807) is 24.2 Å². The molecule has 3 rings (SSSR count). The molecule has 4 heteroatoms. The number of likely N-dealkylation sites (tertiary alicyclic amines) is 1. The predicted molar refractivity (Wildman–Crippen MR) is 63.0 cm³/mol. The monoisotopic (exact) mass is 230 g/mol. The lowest BCUT2D eigenvalue weighted by Crippen LogP contribution is -2.30. The number of carbonyl (C=O) groups is 1. The standard InChI is InChI=1S/C13H11FN2O/c1-8-12(17)16(2)7-13(8)6-15-11-4-3-9(14)5-10(11)13/h3-6H,1,7H2,2H3. The fourth-order valence-electron chi connectivity index (χ4n) is 2.56. The van der Waals surface area contributed by atoms with E-state index in [0.29, 0.717) is 12.1 Å². The van der Waals surface area contributed by atoms with Gasteiger partial charge >= 0.3 is 0 Å². The molecule has 0 aliphatic carbocycles. The third-order valence-electron chi connectivity index (χ3n) is 3.49.